The molecular weight excluding hydrogens is 384 g/mol. The summed E-state index contributed by atoms with van der Waals surface area (Å²) in [4.78, 5) is 17.6. The first-order valence-corrected chi connectivity index (χ1v) is 11.8. The number of piperidine rings is 1. The highest BCUT2D eigenvalue weighted by Gasteiger charge is 2.50. The minimum absolute atomic E-state index is 0.197. The van der Waals surface area contributed by atoms with Crippen LogP contribution >= 0.6 is 0 Å². The molecule has 2 heterocycles. The van der Waals surface area contributed by atoms with Crippen LogP contribution in [0.3, 0.4) is 0 Å². The van der Waals surface area contributed by atoms with E-state index < -0.39 is 0 Å². The maximum Gasteiger partial charge on any atom is 0.247 e. The summed E-state index contributed by atoms with van der Waals surface area (Å²) in [5, 5.41) is 6.86. The smallest absolute Gasteiger partial charge is 0.247 e. The van der Waals surface area contributed by atoms with Crippen LogP contribution < -0.4 is 15.5 Å². The first kappa shape index (κ1) is 20.5. The number of rotatable bonds is 7. The number of para-hydroxylation sites is 1. The SMILES string of the molecule is CC(CN1CCC2(CC1)C(=O)NCN2c1ccccc1)NCC1CC1c1ccccc1. The van der Waals surface area contributed by atoms with Gasteiger partial charge in [0, 0.05) is 31.4 Å². The van der Waals surface area contributed by atoms with Crippen molar-refractivity contribution in [3.05, 3.63) is 66.2 Å². The Balaban J connectivity index is 1.10. The van der Waals surface area contributed by atoms with Gasteiger partial charge in [0.25, 0.3) is 0 Å². The van der Waals surface area contributed by atoms with E-state index in [-0.39, 0.29) is 11.4 Å². The summed E-state index contributed by atoms with van der Waals surface area (Å²) in [6.45, 7) is 7.00. The average Bonchev–Trinajstić information content (AvgIpc) is 3.53. The topological polar surface area (TPSA) is 47.6 Å². The predicted octanol–water partition coefficient (Wildman–Crippen LogP) is 3.20. The van der Waals surface area contributed by atoms with Crippen molar-refractivity contribution in [1.29, 1.82) is 0 Å². The van der Waals surface area contributed by atoms with Crippen LogP contribution in [0.2, 0.25) is 0 Å². The van der Waals surface area contributed by atoms with E-state index in [1.165, 1.54) is 12.0 Å². The predicted molar refractivity (Wildman–Crippen MR) is 125 cm³/mol. The number of nitrogens with one attached hydrogen (secondary N) is 2. The third-order valence-corrected chi connectivity index (χ3v) is 7.50. The molecule has 1 aliphatic carbocycles. The monoisotopic (exact) mass is 418 g/mol. The van der Waals surface area contributed by atoms with E-state index in [1.54, 1.807) is 0 Å². The van der Waals surface area contributed by atoms with Crippen molar-refractivity contribution >= 4 is 11.6 Å². The normalized spacial score (nSPS) is 26.1. The molecule has 5 nitrogen and oxygen atoms in total. The van der Waals surface area contributed by atoms with E-state index in [2.05, 4.69) is 82.0 Å². The molecule has 2 saturated heterocycles. The largest absolute Gasteiger partial charge is 0.339 e. The number of amides is 1. The van der Waals surface area contributed by atoms with Crippen LogP contribution in [-0.4, -0.2) is 55.2 Å². The van der Waals surface area contributed by atoms with E-state index in [0.717, 1.165) is 56.5 Å². The Morgan fingerprint density at radius 1 is 1.06 bits per heavy atom. The molecule has 1 amide bonds. The van der Waals surface area contributed by atoms with E-state index in [4.69, 9.17) is 0 Å². The lowest BCUT2D eigenvalue weighted by molar-refractivity contribution is -0.125. The molecule has 3 atom stereocenters. The van der Waals surface area contributed by atoms with Crippen LogP contribution in [0.15, 0.2) is 60.7 Å². The van der Waals surface area contributed by atoms with Crippen molar-refractivity contribution < 1.29 is 4.79 Å². The number of hydrogen-bond donors (Lipinski definition) is 2. The summed E-state index contributed by atoms with van der Waals surface area (Å²) in [5.74, 6) is 1.71. The number of anilines is 1. The molecule has 2 aromatic rings. The van der Waals surface area contributed by atoms with Crippen LogP contribution in [0.25, 0.3) is 0 Å². The number of hydrogen-bond acceptors (Lipinski definition) is 4. The van der Waals surface area contributed by atoms with Crippen molar-refractivity contribution in [1.82, 2.24) is 15.5 Å². The van der Waals surface area contributed by atoms with Crippen molar-refractivity contribution in [2.45, 2.75) is 43.7 Å². The van der Waals surface area contributed by atoms with Crippen LogP contribution in [-0.2, 0) is 4.79 Å². The van der Waals surface area contributed by atoms with Gasteiger partial charge in [-0.05, 0) is 62.3 Å². The first-order chi connectivity index (χ1) is 15.2. The molecule has 2 aromatic carbocycles. The highest BCUT2D eigenvalue weighted by atomic mass is 16.2. The van der Waals surface area contributed by atoms with Gasteiger partial charge < -0.3 is 20.4 Å². The molecule has 164 valence electrons. The highest BCUT2D eigenvalue weighted by molar-refractivity contribution is 5.93. The van der Waals surface area contributed by atoms with Crippen LogP contribution in [0.5, 0.6) is 0 Å². The molecule has 5 rings (SSSR count). The zero-order chi connectivity index (χ0) is 21.3. The molecule has 0 aromatic heterocycles. The van der Waals surface area contributed by atoms with Crippen molar-refractivity contribution in [3.8, 4) is 0 Å². The fraction of sp³-hybridized carbons (Fsp3) is 0.500. The molecule has 3 fully saturated rings. The van der Waals surface area contributed by atoms with Gasteiger partial charge in [0.1, 0.15) is 5.54 Å². The van der Waals surface area contributed by atoms with E-state index in [1.807, 2.05) is 6.07 Å². The van der Waals surface area contributed by atoms with Gasteiger partial charge in [-0.25, -0.2) is 0 Å². The second-order valence-corrected chi connectivity index (χ2v) is 9.58. The molecule has 2 N–H and O–H groups in total. The van der Waals surface area contributed by atoms with Crippen LogP contribution in [0, 0.1) is 5.92 Å². The van der Waals surface area contributed by atoms with Crippen molar-refractivity contribution in [3.63, 3.8) is 0 Å². The Bertz CT molecular complexity index is 879. The summed E-state index contributed by atoms with van der Waals surface area (Å²) >= 11 is 0. The standard InChI is InChI=1S/C26H34N4O/c1-20(27-17-22-16-24(22)21-8-4-2-5-9-21)18-29-14-12-26(13-15-29)25(31)28-19-30(26)23-10-6-3-7-11-23/h2-11,20,22,24,27H,12-19H2,1H3,(H,28,31). The minimum atomic E-state index is -0.383. The summed E-state index contributed by atoms with van der Waals surface area (Å²) in [7, 11) is 0. The molecule has 1 spiro atoms. The lowest BCUT2D eigenvalue weighted by atomic mass is 9.85. The summed E-state index contributed by atoms with van der Waals surface area (Å²) in [6.07, 6.45) is 3.08. The second kappa shape index (κ2) is 8.64. The number of carbonyl (C=O) groups excluding carboxylic acids is 1. The Morgan fingerprint density at radius 3 is 2.45 bits per heavy atom. The zero-order valence-electron chi connectivity index (χ0n) is 18.5. The van der Waals surface area contributed by atoms with E-state index in [0.29, 0.717) is 12.7 Å². The lowest BCUT2D eigenvalue weighted by Gasteiger charge is -2.44. The Morgan fingerprint density at radius 2 is 1.74 bits per heavy atom. The highest BCUT2D eigenvalue weighted by Crippen LogP contribution is 2.46. The third-order valence-electron chi connectivity index (χ3n) is 7.50. The first-order valence-electron chi connectivity index (χ1n) is 11.8. The fourth-order valence-corrected chi connectivity index (χ4v) is 5.52. The van der Waals surface area contributed by atoms with E-state index >= 15 is 0 Å². The number of carbonyl (C=O) groups is 1. The van der Waals surface area contributed by atoms with Crippen LogP contribution in [0.1, 0.15) is 37.7 Å². The van der Waals surface area contributed by atoms with Gasteiger partial charge in [-0.3, -0.25) is 4.79 Å². The summed E-state index contributed by atoms with van der Waals surface area (Å²) in [5.41, 5.74) is 2.24. The van der Waals surface area contributed by atoms with Crippen molar-refractivity contribution in [2.24, 2.45) is 5.92 Å². The molecule has 0 radical (unpaired) electrons. The Hall–Kier alpha value is -2.37. The van der Waals surface area contributed by atoms with E-state index in [9.17, 15) is 4.79 Å². The summed E-state index contributed by atoms with van der Waals surface area (Å²) in [6, 6.07) is 21.7. The number of nitrogens with zero attached hydrogens (tertiary/aromatic N) is 2. The zero-order valence-corrected chi connectivity index (χ0v) is 18.5. The molecule has 5 heteroatoms. The Kier molecular flexibility index (Phi) is 5.72. The molecule has 31 heavy (non-hydrogen) atoms. The van der Waals surface area contributed by atoms with Gasteiger partial charge in [0.15, 0.2) is 0 Å². The average molecular weight is 419 g/mol. The molecule has 3 aliphatic rings. The van der Waals surface area contributed by atoms with Gasteiger partial charge in [-0.15, -0.1) is 0 Å². The Labute approximate surface area is 185 Å². The lowest BCUT2D eigenvalue weighted by Crippen LogP contribution is -2.57. The molecule has 0 bridgehead atoms. The second-order valence-electron chi connectivity index (χ2n) is 9.58. The fourth-order valence-electron chi connectivity index (χ4n) is 5.52. The van der Waals surface area contributed by atoms with Gasteiger partial charge >= 0.3 is 0 Å². The van der Waals surface area contributed by atoms with Crippen LogP contribution in [0.4, 0.5) is 5.69 Å². The number of likely N-dealkylation sites (tertiary alicyclic amines) is 1. The molecule has 2 aliphatic heterocycles. The molecular formula is C26H34N4O. The summed E-state index contributed by atoms with van der Waals surface area (Å²) < 4.78 is 0. The van der Waals surface area contributed by atoms with Gasteiger partial charge in [0.05, 0.1) is 6.67 Å². The molecule has 1 saturated carbocycles. The number of benzene rings is 2. The van der Waals surface area contributed by atoms with Gasteiger partial charge in [0.2, 0.25) is 5.91 Å². The maximum atomic E-state index is 12.8. The minimum Gasteiger partial charge on any atom is -0.339 e. The van der Waals surface area contributed by atoms with Crippen molar-refractivity contribution in [2.75, 3.05) is 37.7 Å². The van der Waals surface area contributed by atoms with Gasteiger partial charge in [-0.2, -0.15) is 0 Å². The maximum absolute atomic E-state index is 12.8. The molecule has 3 unspecified atom stereocenters. The quantitative estimate of drug-likeness (QED) is 0.725. The third kappa shape index (κ3) is 4.21. The van der Waals surface area contributed by atoms with Gasteiger partial charge in [-0.1, -0.05) is 48.5 Å².